The summed E-state index contributed by atoms with van der Waals surface area (Å²) in [5.41, 5.74) is 1.67. The lowest BCUT2D eigenvalue weighted by molar-refractivity contribution is -0.114. The van der Waals surface area contributed by atoms with Gasteiger partial charge in [0.25, 0.3) is 5.91 Å². The summed E-state index contributed by atoms with van der Waals surface area (Å²) in [6.07, 6.45) is 0. The van der Waals surface area contributed by atoms with Gasteiger partial charge in [0.1, 0.15) is 0 Å². The van der Waals surface area contributed by atoms with Gasteiger partial charge in [0.05, 0.1) is 6.54 Å². The highest BCUT2D eigenvalue weighted by atomic mass is 35.5. The van der Waals surface area contributed by atoms with E-state index in [1.165, 1.54) is 0 Å². The first-order valence-electron chi connectivity index (χ1n) is 6.80. The number of carbonyl (C=O) groups is 2. The first-order valence-corrected chi connectivity index (χ1v) is 7.55. The second kappa shape index (κ2) is 7.85. The molecule has 0 aliphatic rings. The quantitative estimate of drug-likeness (QED) is 0.772. The van der Waals surface area contributed by atoms with Gasteiger partial charge in [0.2, 0.25) is 5.91 Å². The molecule has 0 bridgehead atoms. The van der Waals surface area contributed by atoms with E-state index in [0.29, 0.717) is 27.0 Å². The maximum atomic E-state index is 12.0. The Kier molecular flexibility index (Phi) is 5.84. The number of halogens is 2. The summed E-state index contributed by atoms with van der Waals surface area (Å²) >= 11 is 11.8. The van der Waals surface area contributed by atoms with Crippen molar-refractivity contribution in [2.24, 2.45) is 0 Å². The second-order valence-electron chi connectivity index (χ2n) is 4.72. The summed E-state index contributed by atoms with van der Waals surface area (Å²) in [4.78, 5) is 23.5. The van der Waals surface area contributed by atoms with E-state index in [2.05, 4.69) is 16.0 Å². The maximum absolute atomic E-state index is 12.0. The van der Waals surface area contributed by atoms with E-state index >= 15 is 0 Å². The van der Waals surface area contributed by atoms with Crippen molar-refractivity contribution in [1.82, 2.24) is 5.32 Å². The molecule has 0 aliphatic carbocycles. The van der Waals surface area contributed by atoms with E-state index in [-0.39, 0.29) is 18.4 Å². The smallest absolute Gasteiger partial charge is 0.251 e. The van der Waals surface area contributed by atoms with E-state index in [4.69, 9.17) is 23.2 Å². The van der Waals surface area contributed by atoms with Gasteiger partial charge in [-0.15, -0.1) is 0 Å². The Morgan fingerprint density at radius 3 is 2.35 bits per heavy atom. The highest BCUT2D eigenvalue weighted by Crippen LogP contribution is 2.22. The van der Waals surface area contributed by atoms with Crippen molar-refractivity contribution in [3.63, 3.8) is 0 Å². The molecule has 0 heterocycles. The van der Waals surface area contributed by atoms with Crippen molar-refractivity contribution >= 4 is 46.4 Å². The molecule has 120 valence electrons. The molecular weight excluding hydrogens is 337 g/mol. The Balaban J connectivity index is 1.96. The minimum atomic E-state index is -0.254. The molecule has 0 saturated carbocycles. The summed E-state index contributed by atoms with van der Waals surface area (Å²) in [6, 6.07) is 11.6. The molecule has 2 aromatic carbocycles. The highest BCUT2D eigenvalue weighted by Gasteiger charge is 2.07. The van der Waals surface area contributed by atoms with Crippen LogP contribution in [0.5, 0.6) is 0 Å². The number of nitrogens with one attached hydrogen (secondary N) is 3. The summed E-state index contributed by atoms with van der Waals surface area (Å²) in [5, 5.41) is 9.15. The minimum absolute atomic E-state index is 0.0425. The molecule has 2 amide bonds. The van der Waals surface area contributed by atoms with Gasteiger partial charge in [-0.05, 0) is 36.4 Å². The third-order valence-corrected chi connectivity index (χ3v) is 3.39. The Labute approximate surface area is 144 Å². The molecule has 0 fully saturated rings. The minimum Gasteiger partial charge on any atom is -0.376 e. The number of hydrogen-bond acceptors (Lipinski definition) is 3. The van der Waals surface area contributed by atoms with Crippen LogP contribution in [0.1, 0.15) is 10.4 Å². The predicted octanol–water partition coefficient (Wildman–Crippen LogP) is 3.40. The summed E-state index contributed by atoms with van der Waals surface area (Å²) in [5.74, 6) is -0.469. The van der Waals surface area contributed by atoms with Crippen molar-refractivity contribution in [2.45, 2.75) is 0 Å². The zero-order valence-electron chi connectivity index (χ0n) is 12.3. The maximum Gasteiger partial charge on any atom is 0.251 e. The highest BCUT2D eigenvalue weighted by molar-refractivity contribution is 6.35. The number of hydrogen-bond donors (Lipinski definition) is 3. The number of carbonyl (C=O) groups excluding carboxylic acids is 2. The number of rotatable bonds is 5. The Morgan fingerprint density at radius 1 is 1.00 bits per heavy atom. The molecule has 0 saturated heterocycles. The van der Waals surface area contributed by atoms with Gasteiger partial charge in [-0.2, -0.15) is 0 Å². The van der Waals surface area contributed by atoms with Crippen LogP contribution in [0, 0.1) is 0 Å². The van der Waals surface area contributed by atoms with Gasteiger partial charge >= 0.3 is 0 Å². The predicted molar refractivity (Wildman–Crippen MR) is 93.4 cm³/mol. The normalized spacial score (nSPS) is 10.0. The lowest BCUT2D eigenvalue weighted by Gasteiger charge is -2.09. The average Bonchev–Trinajstić information content (AvgIpc) is 2.51. The third kappa shape index (κ3) is 5.16. The van der Waals surface area contributed by atoms with Crippen molar-refractivity contribution in [2.75, 3.05) is 24.2 Å². The molecule has 23 heavy (non-hydrogen) atoms. The number of amides is 2. The summed E-state index contributed by atoms with van der Waals surface area (Å²) in [6.45, 7) is 0.0425. The average molecular weight is 352 g/mol. The van der Waals surface area contributed by atoms with Crippen LogP contribution in [0.2, 0.25) is 10.0 Å². The van der Waals surface area contributed by atoms with Gasteiger partial charge < -0.3 is 16.0 Å². The lowest BCUT2D eigenvalue weighted by atomic mass is 10.2. The van der Waals surface area contributed by atoms with Crippen LogP contribution in [0.3, 0.4) is 0 Å². The molecule has 0 radical (unpaired) electrons. The summed E-state index contributed by atoms with van der Waals surface area (Å²) in [7, 11) is 1.55. The standard InChI is InChI=1S/C16H15Cl2N3O2/c1-19-16(23)10-3-2-4-13(5-10)21-15(22)9-20-14-7-11(17)6-12(18)8-14/h2-8,20H,9H2,1H3,(H,19,23)(H,21,22). The van der Waals surface area contributed by atoms with Crippen LogP contribution in [-0.2, 0) is 4.79 Å². The topological polar surface area (TPSA) is 70.2 Å². The Bertz CT molecular complexity index is 715. The fourth-order valence-corrected chi connectivity index (χ4v) is 2.45. The fourth-order valence-electron chi connectivity index (χ4n) is 1.93. The van der Waals surface area contributed by atoms with E-state index < -0.39 is 0 Å². The first-order chi connectivity index (χ1) is 11.0. The molecule has 5 nitrogen and oxygen atoms in total. The zero-order valence-corrected chi connectivity index (χ0v) is 13.8. The molecular formula is C16H15Cl2N3O2. The van der Waals surface area contributed by atoms with Gasteiger partial charge in [0.15, 0.2) is 0 Å². The molecule has 0 atom stereocenters. The van der Waals surface area contributed by atoms with Crippen LogP contribution in [0.15, 0.2) is 42.5 Å². The van der Waals surface area contributed by atoms with Crippen LogP contribution < -0.4 is 16.0 Å². The molecule has 2 aromatic rings. The SMILES string of the molecule is CNC(=O)c1cccc(NC(=O)CNc2cc(Cl)cc(Cl)c2)c1. The molecule has 2 rings (SSSR count). The van der Waals surface area contributed by atoms with E-state index in [1.807, 2.05) is 0 Å². The Morgan fingerprint density at radius 2 is 1.70 bits per heavy atom. The molecule has 0 aromatic heterocycles. The van der Waals surface area contributed by atoms with Crippen LogP contribution in [0.25, 0.3) is 0 Å². The van der Waals surface area contributed by atoms with Crippen LogP contribution in [-0.4, -0.2) is 25.4 Å². The van der Waals surface area contributed by atoms with Gasteiger partial charge in [-0.3, -0.25) is 9.59 Å². The number of benzene rings is 2. The van der Waals surface area contributed by atoms with Crippen molar-refractivity contribution in [3.8, 4) is 0 Å². The molecule has 0 spiro atoms. The van der Waals surface area contributed by atoms with Gasteiger partial charge in [-0.1, -0.05) is 29.3 Å². The zero-order chi connectivity index (χ0) is 16.8. The van der Waals surface area contributed by atoms with E-state index in [0.717, 1.165) is 0 Å². The fraction of sp³-hybridized carbons (Fsp3) is 0.125. The van der Waals surface area contributed by atoms with Crippen molar-refractivity contribution in [3.05, 3.63) is 58.1 Å². The van der Waals surface area contributed by atoms with Crippen LogP contribution >= 0.6 is 23.2 Å². The first kappa shape index (κ1) is 17.1. The van der Waals surface area contributed by atoms with Crippen molar-refractivity contribution < 1.29 is 9.59 Å². The lowest BCUT2D eigenvalue weighted by Crippen LogP contribution is -2.22. The molecule has 7 heteroatoms. The monoisotopic (exact) mass is 351 g/mol. The Hall–Kier alpha value is -2.24. The second-order valence-corrected chi connectivity index (χ2v) is 5.59. The number of anilines is 2. The van der Waals surface area contributed by atoms with E-state index in [9.17, 15) is 9.59 Å². The third-order valence-electron chi connectivity index (χ3n) is 2.95. The molecule has 0 unspecified atom stereocenters. The van der Waals surface area contributed by atoms with Gasteiger partial charge in [-0.25, -0.2) is 0 Å². The van der Waals surface area contributed by atoms with Crippen LogP contribution in [0.4, 0.5) is 11.4 Å². The van der Waals surface area contributed by atoms with Crippen molar-refractivity contribution in [1.29, 1.82) is 0 Å². The molecule has 0 aliphatic heterocycles. The van der Waals surface area contributed by atoms with Gasteiger partial charge in [0, 0.05) is 34.0 Å². The molecule has 3 N–H and O–H groups in total. The summed E-state index contributed by atoms with van der Waals surface area (Å²) < 4.78 is 0. The largest absolute Gasteiger partial charge is 0.376 e. The van der Waals surface area contributed by atoms with E-state index in [1.54, 1.807) is 49.5 Å².